The average Bonchev–Trinajstić information content (AvgIpc) is 1.85. The van der Waals surface area contributed by atoms with E-state index in [1.54, 1.807) is 0 Å². The van der Waals surface area contributed by atoms with Crippen molar-refractivity contribution in [2.75, 3.05) is 18.1 Å². The van der Waals surface area contributed by atoms with E-state index in [4.69, 9.17) is 5.21 Å². The van der Waals surface area contributed by atoms with Crippen LogP contribution < -0.4 is 5.48 Å². The van der Waals surface area contributed by atoms with Crippen molar-refractivity contribution in [2.45, 2.75) is 12.8 Å². The maximum absolute atomic E-state index is 11.0. The van der Waals surface area contributed by atoms with Gasteiger partial charge in [-0.05, 0) is 18.8 Å². The highest BCUT2D eigenvalue weighted by Crippen LogP contribution is 2.16. The first-order chi connectivity index (χ1) is 5.14. The Kier molecular flexibility index (Phi) is 2.86. The lowest BCUT2D eigenvalue weighted by Gasteiger charge is -2.20. The molecule has 66 valence electrons. The summed E-state index contributed by atoms with van der Waals surface area (Å²) in [5.74, 6) is 0.633. The van der Waals surface area contributed by atoms with Crippen LogP contribution >= 0.6 is 0 Å². The Balaban J connectivity index is 2.47. The standard InChI is InChI=1S/C6H13NO3S/c8-7-4-6-2-1-3-11(9,10)5-6/h6-8H,1-5H2. The Morgan fingerprint density at radius 1 is 1.55 bits per heavy atom. The number of hydroxylamine groups is 1. The molecular formula is C6H13NO3S. The maximum Gasteiger partial charge on any atom is 0.150 e. The average molecular weight is 179 g/mol. The lowest BCUT2D eigenvalue weighted by molar-refractivity contribution is 0.149. The van der Waals surface area contributed by atoms with Crippen molar-refractivity contribution in [2.24, 2.45) is 5.92 Å². The number of hydrogen-bond acceptors (Lipinski definition) is 4. The van der Waals surface area contributed by atoms with Gasteiger partial charge in [-0.1, -0.05) is 0 Å². The summed E-state index contributed by atoms with van der Waals surface area (Å²) in [6, 6.07) is 0. The SMILES string of the molecule is O=S1(=O)CCCC(CNO)C1. The minimum absolute atomic E-state index is 0.0961. The van der Waals surface area contributed by atoms with Gasteiger partial charge in [0.1, 0.15) is 0 Å². The van der Waals surface area contributed by atoms with E-state index in [-0.39, 0.29) is 11.7 Å². The molecule has 11 heavy (non-hydrogen) atoms. The first-order valence-electron chi connectivity index (χ1n) is 3.71. The summed E-state index contributed by atoms with van der Waals surface area (Å²) in [5, 5.41) is 8.34. The van der Waals surface area contributed by atoms with Crippen molar-refractivity contribution < 1.29 is 13.6 Å². The Bertz CT molecular complexity index is 210. The predicted molar refractivity (Wildman–Crippen MR) is 41.2 cm³/mol. The van der Waals surface area contributed by atoms with Gasteiger partial charge in [-0.15, -0.1) is 0 Å². The van der Waals surface area contributed by atoms with Crippen molar-refractivity contribution >= 4 is 9.84 Å². The fourth-order valence-corrected chi connectivity index (χ4v) is 3.18. The van der Waals surface area contributed by atoms with Crippen LogP contribution in [0, 0.1) is 5.92 Å². The fraction of sp³-hybridized carbons (Fsp3) is 1.00. The Morgan fingerprint density at radius 2 is 2.27 bits per heavy atom. The molecule has 1 fully saturated rings. The summed E-state index contributed by atoms with van der Waals surface area (Å²) in [4.78, 5) is 0. The van der Waals surface area contributed by atoms with E-state index in [0.29, 0.717) is 12.3 Å². The molecule has 0 radical (unpaired) electrons. The molecule has 0 saturated carbocycles. The minimum Gasteiger partial charge on any atom is -0.317 e. The van der Waals surface area contributed by atoms with Crippen LogP contribution in [-0.2, 0) is 9.84 Å². The molecule has 5 heteroatoms. The van der Waals surface area contributed by atoms with Gasteiger partial charge in [-0.3, -0.25) is 0 Å². The summed E-state index contributed by atoms with van der Waals surface area (Å²) >= 11 is 0. The van der Waals surface area contributed by atoms with Crippen molar-refractivity contribution in [1.82, 2.24) is 5.48 Å². The minimum atomic E-state index is -2.81. The zero-order chi connectivity index (χ0) is 8.32. The topological polar surface area (TPSA) is 66.4 Å². The number of rotatable bonds is 2. The Hall–Kier alpha value is -0.130. The molecule has 0 bridgehead atoms. The van der Waals surface area contributed by atoms with Gasteiger partial charge >= 0.3 is 0 Å². The summed E-state index contributed by atoms with van der Waals surface area (Å²) < 4.78 is 22.1. The maximum atomic E-state index is 11.0. The van der Waals surface area contributed by atoms with Gasteiger partial charge in [-0.2, -0.15) is 0 Å². The Labute approximate surface area is 66.5 Å². The predicted octanol–water partition coefficient (Wildman–Crippen LogP) is -0.210. The quantitative estimate of drug-likeness (QED) is 0.576. The Morgan fingerprint density at radius 3 is 2.82 bits per heavy atom. The van der Waals surface area contributed by atoms with E-state index >= 15 is 0 Å². The van der Waals surface area contributed by atoms with Gasteiger partial charge in [0.05, 0.1) is 11.5 Å². The van der Waals surface area contributed by atoms with Gasteiger partial charge in [0.25, 0.3) is 0 Å². The molecule has 1 heterocycles. The molecule has 1 aliphatic heterocycles. The molecule has 1 aliphatic rings. The largest absolute Gasteiger partial charge is 0.317 e. The van der Waals surface area contributed by atoms with Crippen LogP contribution in [0.4, 0.5) is 0 Å². The third kappa shape index (κ3) is 2.76. The van der Waals surface area contributed by atoms with E-state index in [2.05, 4.69) is 0 Å². The molecule has 1 rings (SSSR count). The van der Waals surface area contributed by atoms with Crippen molar-refractivity contribution in [3.05, 3.63) is 0 Å². The molecule has 0 amide bonds. The zero-order valence-corrected chi connectivity index (χ0v) is 7.10. The molecule has 1 saturated heterocycles. The van der Waals surface area contributed by atoms with Gasteiger partial charge in [0.2, 0.25) is 0 Å². The molecule has 0 aromatic heterocycles. The summed E-state index contributed by atoms with van der Waals surface area (Å²) in [6.07, 6.45) is 1.63. The molecule has 4 nitrogen and oxygen atoms in total. The lowest BCUT2D eigenvalue weighted by Crippen LogP contribution is -2.31. The fourth-order valence-electron chi connectivity index (χ4n) is 1.41. The zero-order valence-electron chi connectivity index (χ0n) is 6.28. The van der Waals surface area contributed by atoms with Gasteiger partial charge in [0, 0.05) is 6.54 Å². The third-order valence-corrected chi connectivity index (χ3v) is 3.83. The van der Waals surface area contributed by atoms with E-state index in [0.717, 1.165) is 12.8 Å². The van der Waals surface area contributed by atoms with Crippen LogP contribution in [0.25, 0.3) is 0 Å². The van der Waals surface area contributed by atoms with Crippen molar-refractivity contribution in [1.29, 1.82) is 0 Å². The second-order valence-corrected chi connectivity index (χ2v) is 5.21. The molecule has 0 aromatic carbocycles. The van der Waals surface area contributed by atoms with Gasteiger partial charge in [0.15, 0.2) is 9.84 Å². The highest BCUT2D eigenvalue weighted by Gasteiger charge is 2.23. The summed E-state index contributed by atoms with van der Waals surface area (Å²) in [7, 11) is -2.81. The molecule has 1 atom stereocenters. The number of nitrogens with one attached hydrogen (secondary N) is 1. The monoisotopic (exact) mass is 179 g/mol. The summed E-state index contributed by atoms with van der Waals surface area (Å²) in [5.41, 5.74) is 2.01. The van der Waals surface area contributed by atoms with E-state index < -0.39 is 9.84 Å². The molecule has 2 N–H and O–H groups in total. The normalized spacial score (nSPS) is 30.1. The van der Waals surface area contributed by atoms with Crippen molar-refractivity contribution in [3.63, 3.8) is 0 Å². The molecular weight excluding hydrogens is 166 g/mol. The van der Waals surface area contributed by atoms with Crippen LogP contribution in [0.1, 0.15) is 12.8 Å². The van der Waals surface area contributed by atoms with E-state index in [1.807, 2.05) is 5.48 Å². The molecule has 0 aliphatic carbocycles. The number of hydrogen-bond donors (Lipinski definition) is 2. The number of sulfone groups is 1. The second kappa shape index (κ2) is 3.51. The highest BCUT2D eigenvalue weighted by atomic mass is 32.2. The van der Waals surface area contributed by atoms with Gasteiger partial charge in [-0.25, -0.2) is 13.9 Å². The van der Waals surface area contributed by atoms with Crippen LogP contribution in [-0.4, -0.2) is 31.7 Å². The molecule has 0 spiro atoms. The second-order valence-electron chi connectivity index (χ2n) is 2.98. The molecule has 0 aromatic rings. The molecule has 1 unspecified atom stereocenters. The van der Waals surface area contributed by atoms with Crippen molar-refractivity contribution in [3.8, 4) is 0 Å². The van der Waals surface area contributed by atoms with Crippen LogP contribution in [0.2, 0.25) is 0 Å². The first-order valence-corrected chi connectivity index (χ1v) is 5.53. The first kappa shape index (κ1) is 8.96. The summed E-state index contributed by atoms with van der Waals surface area (Å²) in [6.45, 7) is 0.388. The van der Waals surface area contributed by atoms with Gasteiger partial charge < -0.3 is 5.21 Å². The van der Waals surface area contributed by atoms with Crippen LogP contribution in [0.3, 0.4) is 0 Å². The van der Waals surface area contributed by atoms with Crippen LogP contribution in [0.15, 0.2) is 0 Å². The van der Waals surface area contributed by atoms with Crippen LogP contribution in [0.5, 0.6) is 0 Å². The lowest BCUT2D eigenvalue weighted by atomic mass is 10.1. The highest BCUT2D eigenvalue weighted by molar-refractivity contribution is 7.91. The third-order valence-electron chi connectivity index (χ3n) is 1.94. The van der Waals surface area contributed by atoms with E-state index in [9.17, 15) is 8.42 Å². The smallest absolute Gasteiger partial charge is 0.150 e. The van der Waals surface area contributed by atoms with E-state index in [1.165, 1.54) is 0 Å².